The third kappa shape index (κ3) is 11.5. The van der Waals surface area contributed by atoms with E-state index in [1.54, 1.807) is 0 Å². The van der Waals surface area contributed by atoms with E-state index in [1.807, 2.05) is 13.0 Å². The van der Waals surface area contributed by atoms with Gasteiger partial charge in [-0.25, -0.2) is 4.79 Å². The van der Waals surface area contributed by atoms with Gasteiger partial charge in [-0.3, -0.25) is 4.79 Å². The van der Waals surface area contributed by atoms with Crippen LogP contribution in [0.15, 0.2) is 11.6 Å². The second-order valence-electron chi connectivity index (χ2n) is 4.91. The summed E-state index contributed by atoms with van der Waals surface area (Å²) in [5.41, 5.74) is 5.72. The van der Waals surface area contributed by atoms with Crippen LogP contribution in [0.4, 0.5) is 4.79 Å². The molecule has 0 bridgehead atoms. The van der Waals surface area contributed by atoms with Gasteiger partial charge in [-0.05, 0) is 25.3 Å². The van der Waals surface area contributed by atoms with Crippen LogP contribution in [0, 0.1) is 0 Å². The standard InChI is InChI=1S/C15H28N2O2/c1-3-4-5-6-7-8-9-10-13(2)14(18)11-12-17-15(16)19/h10H,3-9,11-12H2,1-2H3,(H3,16,17,19)/b13-10+. The van der Waals surface area contributed by atoms with E-state index in [0.717, 1.165) is 18.4 Å². The molecule has 0 rings (SSSR count). The van der Waals surface area contributed by atoms with E-state index in [1.165, 1.54) is 32.1 Å². The average Bonchev–Trinajstić information content (AvgIpc) is 2.36. The minimum absolute atomic E-state index is 0.0831. The number of primary amides is 1. The predicted octanol–water partition coefficient (Wildman–Crippen LogP) is 3.31. The summed E-state index contributed by atoms with van der Waals surface area (Å²) in [5, 5.41) is 2.42. The number of carbonyl (C=O) groups excluding carboxylic acids is 2. The van der Waals surface area contributed by atoms with Crippen molar-refractivity contribution in [2.24, 2.45) is 5.73 Å². The number of nitrogens with two attached hydrogens (primary N) is 1. The van der Waals surface area contributed by atoms with E-state index in [9.17, 15) is 9.59 Å². The van der Waals surface area contributed by atoms with Gasteiger partial charge in [0.1, 0.15) is 0 Å². The molecule has 0 fully saturated rings. The molecule has 4 nitrogen and oxygen atoms in total. The quantitative estimate of drug-likeness (QED) is 0.446. The molecule has 0 aliphatic heterocycles. The maximum Gasteiger partial charge on any atom is 0.312 e. The van der Waals surface area contributed by atoms with Crippen molar-refractivity contribution >= 4 is 11.8 Å². The summed E-state index contributed by atoms with van der Waals surface area (Å²) in [4.78, 5) is 22.1. The van der Waals surface area contributed by atoms with Gasteiger partial charge in [-0.2, -0.15) is 0 Å². The fourth-order valence-electron chi connectivity index (χ4n) is 1.85. The van der Waals surface area contributed by atoms with E-state index in [0.29, 0.717) is 13.0 Å². The Balaban J connectivity index is 3.62. The first kappa shape index (κ1) is 17.7. The lowest BCUT2D eigenvalue weighted by Crippen LogP contribution is -2.31. The zero-order chi connectivity index (χ0) is 14.5. The van der Waals surface area contributed by atoms with Crippen LogP contribution >= 0.6 is 0 Å². The Morgan fingerprint density at radius 1 is 1.11 bits per heavy atom. The van der Waals surface area contributed by atoms with Crippen molar-refractivity contribution in [3.63, 3.8) is 0 Å². The van der Waals surface area contributed by atoms with Crippen LogP contribution in [0.3, 0.4) is 0 Å². The first-order chi connectivity index (χ1) is 9.07. The highest BCUT2D eigenvalue weighted by molar-refractivity contribution is 5.95. The topological polar surface area (TPSA) is 72.2 Å². The summed E-state index contributed by atoms with van der Waals surface area (Å²) in [7, 11) is 0. The molecule has 0 aromatic rings. The zero-order valence-corrected chi connectivity index (χ0v) is 12.3. The van der Waals surface area contributed by atoms with Gasteiger partial charge >= 0.3 is 6.03 Å². The second-order valence-corrected chi connectivity index (χ2v) is 4.91. The number of hydrogen-bond acceptors (Lipinski definition) is 2. The number of Topliss-reactive ketones (excluding diaryl/α,β-unsaturated/α-hetero) is 1. The highest BCUT2D eigenvalue weighted by Gasteiger charge is 2.04. The maximum absolute atomic E-state index is 11.7. The molecule has 0 saturated carbocycles. The molecular weight excluding hydrogens is 240 g/mol. The fraction of sp³-hybridized carbons (Fsp3) is 0.733. The van der Waals surface area contributed by atoms with Crippen LogP contribution in [-0.2, 0) is 4.79 Å². The van der Waals surface area contributed by atoms with Crippen LogP contribution in [0.5, 0.6) is 0 Å². The zero-order valence-electron chi connectivity index (χ0n) is 12.3. The molecule has 0 spiro atoms. The van der Waals surface area contributed by atoms with Crippen molar-refractivity contribution < 1.29 is 9.59 Å². The fourth-order valence-corrected chi connectivity index (χ4v) is 1.85. The number of unbranched alkanes of at least 4 members (excludes halogenated alkanes) is 6. The van der Waals surface area contributed by atoms with E-state index in [-0.39, 0.29) is 5.78 Å². The summed E-state index contributed by atoms with van der Waals surface area (Å²) in [5.74, 6) is 0.0831. The second kappa shape index (κ2) is 11.8. The van der Waals surface area contributed by atoms with Crippen LogP contribution in [0.25, 0.3) is 0 Å². The number of hydrogen-bond donors (Lipinski definition) is 2. The van der Waals surface area contributed by atoms with Gasteiger partial charge in [0, 0.05) is 13.0 Å². The lowest BCUT2D eigenvalue weighted by molar-refractivity contribution is -0.115. The average molecular weight is 268 g/mol. The van der Waals surface area contributed by atoms with Gasteiger partial charge in [-0.1, -0.05) is 45.1 Å². The van der Waals surface area contributed by atoms with Crippen molar-refractivity contribution in [2.45, 2.75) is 65.2 Å². The summed E-state index contributed by atoms with van der Waals surface area (Å²) >= 11 is 0. The number of ketones is 1. The Kier molecular flexibility index (Phi) is 10.9. The summed E-state index contributed by atoms with van der Waals surface area (Å²) < 4.78 is 0. The highest BCUT2D eigenvalue weighted by Crippen LogP contribution is 2.09. The Morgan fingerprint density at radius 2 is 1.74 bits per heavy atom. The number of allylic oxidation sites excluding steroid dienone is 2. The molecule has 0 aromatic carbocycles. The number of carbonyl (C=O) groups is 2. The lowest BCUT2D eigenvalue weighted by atomic mass is 10.1. The highest BCUT2D eigenvalue weighted by atomic mass is 16.2. The summed E-state index contributed by atoms with van der Waals surface area (Å²) in [6.45, 7) is 4.37. The number of nitrogens with one attached hydrogen (secondary N) is 1. The number of urea groups is 1. The van der Waals surface area contributed by atoms with Crippen molar-refractivity contribution in [3.05, 3.63) is 11.6 Å². The van der Waals surface area contributed by atoms with E-state index in [4.69, 9.17) is 5.73 Å². The smallest absolute Gasteiger partial charge is 0.312 e. The summed E-state index contributed by atoms with van der Waals surface area (Å²) in [6.07, 6.45) is 10.9. The molecule has 0 aliphatic rings. The van der Waals surface area contributed by atoms with Gasteiger partial charge in [0.05, 0.1) is 0 Å². The molecule has 0 saturated heterocycles. The van der Waals surface area contributed by atoms with E-state index >= 15 is 0 Å². The molecule has 19 heavy (non-hydrogen) atoms. The van der Waals surface area contributed by atoms with Crippen LogP contribution < -0.4 is 11.1 Å². The largest absolute Gasteiger partial charge is 0.352 e. The SMILES string of the molecule is CCCCCCCC/C=C(\C)C(=O)CCNC(N)=O. The van der Waals surface area contributed by atoms with E-state index < -0.39 is 6.03 Å². The monoisotopic (exact) mass is 268 g/mol. The molecule has 0 heterocycles. The minimum Gasteiger partial charge on any atom is -0.352 e. The molecule has 0 aliphatic carbocycles. The molecule has 0 aromatic heterocycles. The van der Waals surface area contributed by atoms with Gasteiger partial charge in [-0.15, -0.1) is 0 Å². The number of rotatable bonds is 11. The normalized spacial score (nSPS) is 11.4. The third-order valence-corrected chi connectivity index (χ3v) is 3.10. The van der Waals surface area contributed by atoms with E-state index in [2.05, 4.69) is 12.2 Å². The maximum atomic E-state index is 11.7. The predicted molar refractivity (Wildman–Crippen MR) is 79.0 cm³/mol. The summed E-state index contributed by atoms with van der Waals surface area (Å²) in [6, 6.07) is -0.582. The van der Waals surface area contributed by atoms with Gasteiger partial charge in [0.2, 0.25) is 0 Å². The van der Waals surface area contributed by atoms with Gasteiger partial charge < -0.3 is 11.1 Å². The van der Waals surface area contributed by atoms with Gasteiger partial charge in [0.15, 0.2) is 5.78 Å². The Bertz CT molecular complexity index is 299. The lowest BCUT2D eigenvalue weighted by Gasteiger charge is -2.02. The van der Waals surface area contributed by atoms with Gasteiger partial charge in [0.25, 0.3) is 0 Å². The molecule has 110 valence electrons. The molecule has 0 unspecified atom stereocenters. The minimum atomic E-state index is -0.582. The van der Waals surface area contributed by atoms with Crippen LogP contribution in [0.1, 0.15) is 65.2 Å². The molecular formula is C15H28N2O2. The van der Waals surface area contributed by atoms with Crippen molar-refractivity contribution in [1.82, 2.24) is 5.32 Å². The number of amides is 2. The molecule has 4 heteroatoms. The van der Waals surface area contributed by atoms with Crippen LogP contribution in [0.2, 0.25) is 0 Å². The Hall–Kier alpha value is -1.32. The Labute approximate surface area is 116 Å². The van der Waals surface area contributed by atoms with Crippen molar-refractivity contribution in [2.75, 3.05) is 6.54 Å². The molecule has 0 atom stereocenters. The van der Waals surface area contributed by atoms with Crippen LogP contribution in [-0.4, -0.2) is 18.4 Å². The Morgan fingerprint density at radius 3 is 2.37 bits per heavy atom. The van der Waals surface area contributed by atoms with Crippen molar-refractivity contribution in [3.8, 4) is 0 Å². The molecule has 0 radical (unpaired) electrons. The first-order valence-electron chi connectivity index (χ1n) is 7.31. The third-order valence-electron chi connectivity index (χ3n) is 3.10. The molecule has 2 amide bonds. The van der Waals surface area contributed by atoms with Crippen molar-refractivity contribution in [1.29, 1.82) is 0 Å². The molecule has 3 N–H and O–H groups in total. The first-order valence-corrected chi connectivity index (χ1v) is 7.31.